The summed E-state index contributed by atoms with van der Waals surface area (Å²) in [4.78, 5) is 14.8. The van der Waals surface area contributed by atoms with Crippen LogP contribution < -0.4 is 14.8 Å². The predicted molar refractivity (Wildman–Crippen MR) is 144 cm³/mol. The molecule has 5 rings (SSSR count). The van der Waals surface area contributed by atoms with Gasteiger partial charge in [0.05, 0.1) is 41.9 Å². The molecule has 2 fully saturated rings. The molecular weight excluding hydrogens is 516 g/mol. The smallest absolute Gasteiger partial charge is 0.209 e. The summed E-state index contributed by atoms with van der Waals surface area (Å²) in [5.41, 5.74) is 3.67. The fourth-order valence-corrected chi connectivity index (χ4v) is 6.37. The van der Waals surface area contributed by atoms with E-state index in [0.29, 0.717) is 40.0 Å². The van der Waals surface area contributed by atoms with Crippen LogP contribution in [0.15, 0.2) is 24.4 Å². The molecule has 3 aromatic rings. The van der Waals surface area contributed by atoms with Gasteiger partial charge in [0.2, 0.25) is 10.0 Å². The Balaban J connectivity index is 1.44. The molecule has 1 aliphatic heterocycles. The summed E-state index contributed by atoms with van der Waals surface area (Å²) < 4.78 is 32.3. The van der Waals surface area contributed by atoms with Crippen molar-refractivity contribution >= 4 is 38.5 Å². The van der Waals surface area contributed by atoms with Crippen LogP contribution in [0.4, 0.5) is 5.69 Å². The molecule has 0 radical (unpaired) electrons. The van der Waals surface area contributed by atoms with Crippen molar-refractivity contribution in [3.8, 4) is 17.1 Å². The number of ether oxygens (including phenoxy) is 1. The molecule has 1 unspecified atom stereocenters. The lowest BCUT2D eigenvalue weighted by Crippen LogP contribution is -2.48. The molecule has 12 heteroatoms. The van der Waals surface area contributed by atoms with E-state index in [1.807, 2.05) is 18.2 Å². The number of hydrogen-bond donors (Lipinski definition) is 4. The van der Waals surface area contributed by atoms with Crippen LogP contribution in [0.3, 0.4) is 0 Å². The number of sulfonamides is 1. The third-order valence-electron chi connectivity index (χ3n) is 7.10. The van der Waals surface area contributed by atoms with Crippen LogP contribution >= 0.6 is 11.6 Å². The quantitative estimate of drug-likeness (QED) is 0.337. The fraction of sp³-hybridized carbons (Fsp3) is 0.520. The average Bonchev–Trinajstić information content (AvgIpc) is 3.47. The van der Waals surface area contributed by atoms with Gasteiger partial charge in [0.25, 0.3) is 0 Å². The molecule has 1 saturated heterocycles. The maximum absolute atomic E-state index is 11.9. The van der Waals surface area contributed by atoms with Gasteiger partial charge in [-0.15, -0.1) is 0 Å². The number of hydrogen-bond acceptors (Lipinski definition) is 8. The van der Waals surface area contributed by atoms with Crippen LogP contribution in [-0.4, -0.2) is 78.0 Å². The van der Waals surface area contributed by atoms with Crippen LogP contribution in [0.2, 0.25) is 5.02 Å². The number of benzene rings is 1. The number of aliphatic hydroxyl groups excluding tert-OH is 1. The van der Waals surface area contributed by atoms with Gasteiger partial charge in [-0.25, -0.2) is 23.1 Å². The Morgan fingerprint density at radius 3 is 2.73 bits per heavy atom. The zero-order chi connectivity index (χ0) is 26.2. The standard InChI is InChI=1S/C25H33ClN6O4S/c1-36-21-11-15(13-32-10-9-16(33)14-32)7-8-17(21)24-29-23-22(18(26)12-27-25(23)30-24)28-19-5-3-4-6-20(19)31-37(2,34)35/h7-8,11-12,16,19-20,31,33H,3-6,9-10,13-14H2,1-2H3,(H2,27,28,29,30)/t16?,19-,20-/m1/s1. The molecule has 0 spiro atoms. The van der Waals surface area contributed by atoms with Crippen LogP contribution in [0, 0.1) is 0 Å². The van der Waals surface area contributed by atoms with Crippen LogP contribution in [0.5, 0.6) is 5.75 Å². The van der Waals surface area contributed by atoms with Crippen molar-refractivity contribution in [1.29, 1.82) is 0 Å². The second kappa shape index (κ2) is 10.7. The van der Waals surface area contributed by atoms with Crippen molar-refractivity contribution in [2.75, 3.05) is 31.8 Å². The number of β-amino-alcohol motifs (C(OH)–C–C–N with tert-alkyl or cyclic N) is 1. The lowest BCUT2D eigenvalue weighted by atomic mass is 9.91. The summed E-state index contributed by atoms with van der Waals surface area (Å²) in [7, 11) is -1.71. The number of anilines is 1. The van der Waals surface area contributed by atoms with Crippen LogP contribution in [-0.2, 0) is 16.6 Å². The summed E-state index contributed by atoms with van der Waals surface area (Å²) in [6, 6.07) is 5.66. The van der Waals surface area contributed by atoms with Crippen LogP contribution in [0.1, 0.15) is 37.7 Å². The number of halogens is 1. The minimum atomic E-state index is -3.34. The first-order chi connectivity index (χ1) is 17.7. The number of fused-ring (bicyclic) bond motifs is 1. The molecule has 2 aromatic heterocycles. The monoisotopic (exact) mass is 548 g/mol. The molecule has 0 amide bonds. The highest BCUT2D eigenvalue weighted by Gasteiger charge is 2.29. The van der Waals surface area contributed by atoms with E-state index in [0.717, 1.165) is 56.3 Å². The van der Waals surface area contributed by atoms with Gasteiger partial charge in [0, 0.05) is 31.7 Å². The predicted octanol–water partition coefficient (Wildman–Crippen LogP) is 3.13. The highest BCUT2D eigenvalue weighted by Crippen LogP contribution is 2.36. The number of rotatable bonds is 8. The molecule has 0 bridgehead atoms. The van der Waals surface area contributed by atoms with E-state index in [9.17, 15) is 13.5 Å². The third kappa shape index (κ3) is 6.01. The number of aromatic nitrogens is 3. The van der Waals surface area contributed by atoms with Gasteiger partial charge >= 0.3 is 0 Å². The molecule has 200 valence electrons. The summed E-state index contributed by atoms with van der Waals surface area (Å²) >= 11 is 6.56. The Hall–Kier alpha value is -2.44. The number of imidazole rings is 1. The van der Waals surface area contributed by atoms with Crippen molar-refractivity contribution in [2.45, 2.75) is 56.8 Å². The Bertz CT molecular complexity index is 1380. The number of methoxy groups -OCH3 is 1. The zero-order valence-electron chi connectivity index (χ0n) is 21.0. The largest absolute Gasteiger partial charge is 0.496 e. The second-order valence-electron chi connectivity index (χ2n) is 10.0. The minimum absolute atomic E-state index is 0.121. The Labute approximate surface area is 221 Å². The highest BCUT2D eigenvalue weighted by atomic mass is 35.5. The minimum Gasteiger partial charge on any atom is -0.496 e. The number of pyridine rings is 1. The molecule has 1 aliphatic carbocycles. The number of likely N-dealkylation sites (tertiary alicyclic amines) is 1. The van der Waals surface area contributed by atoms with Crippen molar-refractivity contribution in [3.05, 3.63) is 35.0 Å². The summed E-state index contributed by atoms with van der Waals surface area (Å²) in [6.45, 7) is 2.29. The Morgan fingerprint density at radius 1 is 1.24 bits per heavy atom. The SMILES string of the molecule is COc1cc(CN2CCC(O)C2)ccc1-c1nc2c(N[C@@H]3CCCC[C@H]3NS(C)(=O)=O)c(Cl)cnc2[nH]1. The molecule has 4 N–H and O–H groups in total. The fourth-order valence-electron chi connectivity index (χ4n) is 5.34. The molecule has 3 heterocycles. The topological polar surface area (TPSA) is 132 Å². The zero-order valence-corrected chi connectivity index (χ0v) is 22.6. The highest BCUT2D eigenvalue weighted by molar-refractivity contribution is 7.88. The molecule has 3 atom stereocenters. The molecule has 1 saturated carbocycles. The first-order valence-corrected chi connectivity index (χ1v) is 14.8. The Kier molecular flexibility index (Phi) is 7.60. The second-order valence-corrected chi connectivity index (χ2v) is 12.2. The van der Waals surface area contributed by atoms with Gasteiger partial charge < -0.3 is 20.1 Å². The van der Waals surface area contributed by atoms with Gasteiger partial charge in [-0.05, 0) is 37.0 Å². The number of aromatic amines is 1. The van der Waals surface area contributed by atoms with Gasteiger partial charge in [0.15, 0.2) is 5.65 Å². The number of aliphatic hydroxyl groups is 1. The van der Waals surface area contributed by atoms with E-state index >= 15 is 0 Å². The molecule has 2 aliphatic rings. The van der Waals surface area contributed by atoms with Crippen molar-refractivity contribution in [3.63, 3.8) is 0 Å². The summed E-state index contributed by atoms with van der Waals surface area (Å²) in [5, 5.41) is 13.7. The van der Waals surface area contributed by atoms with Gasteiger partial charge in [-0.2, -0.15) is 0 Å². The first kappa shape index (κ1) is 26.2. The number of H-pyrrole nitrogens is 1. The average molecular weight is 549 g/mol. The number of nitrogens with zero attached hydrogens (tertiary/aromatic N) is 3. The molecule has 37 heavy (non-hydrogen) atoms. The van der Waals surface area contributed by atoms with Crippen molar-refractivity contribution in [1.82, 2.24) is 24.6 Å². The van der Waals surface area contributed by atoms with E-state index in [1.54, 1.807) is 13.3 Å². The Morgan fingerprint density at radius 2 is 2.03 bits per heavy atom. The van der Waals surface area contributed by atoms with Gasteiger partial charge in [0.1, 0.15) is 17.1 Å². The lowest BCUT2D eigenvalue weighted by molar-refractivity contribution is 0.175. The van der Waals surface area contributed by atoms with Crippen molar-refractivity contribution in [2.24, 2.45) is 0 Å². The maximum Gasteiger partial charge on any atom is 0.209 e. The molecule has 10 nitrogen and oxygen atoms in total. The van der Waals surface area contributed by atoms with E-state index in [-0.39, 0.29) is 18.2 Å². The summed E-state index contributed by atoms with van der Waals surface area (Å²) in [6.07, 6.45) is 6.82. The van der Waals surface area contributed by atoms with Crippen LogP contribution in [0.25, 0.3) is 22.6 Å². The van der Waals surface area contributed by atoms with E-state index in [4.69, 9.17) is 21.3 Å². The number of nitrogens with one attached hydrogen (secondary N) is 3. The molecule has 1 aromatic carbocycles. The maximum atomic E-state index is 11.9. The first-order valence-electron chi connectivity index (χ1n) is 12.6. The van der Waals surface area contributed by atoms with E-state index < -0.39 is 10.0 Å². The van der Waals surface area contributed by atoms with Gasteiger partial charge in [-0.3, -0.25) is 4.90 Å². The lowest BCUT2D eigenvalue weighted by Gasteiger charge is -2.33. The van der Waals surface area contributed by atoms with E-state index in [1.165, 1.54) is 6.26 Å². The third-order valence-corrected chi connectivity index (χ3v) is 8.12. The van der Waals surface area contributed by atoms with Crippen molar-refractivity contribution < 1.29 is 18.3 Å². The summed E-state index contributed by atoms with van der Waals surface area (Å²) in [5.74, 6) is 1.28. The molecular formula is C25H33ClN6O4S. The van der Waals surface area contributed by atoms with E-state index in [2.05, 4.69) is 24.9 Å². The normalized spacial score (nSPS) is 23.0. The van der Waals surface area contributed by atoms with Gasteiger partial charge in [-0.1, -0.05) is 30.5 Å².